The van der Waals surface area contributed by atoms with E-state index in [1.54, 1.807) is 12.1 Å². The van der Waals surface area contributed by atoms with Gasteiger partial charge in [-0.3, -0.25) is 0 Å². The summed E-state index contributed by atoms with van der Waals surface area (Å²) in [6.45, 7) is 1.69. The van der Waals surface area contributed by atoms with Gasteiger partial charge >= 0.3 is 6.18 Å². The van der Waals surface area contributed by atoms with Gasteiger partial charge in [-0.25, -0.2) is 0 Å². The van der Waals surface area contributed by atoms with Crippen LogP contribution < -0.4 is 5.73 Å². The van der Waals surface area contributed by atoms with E-state index in [9.17, 15) is 18.3 Å². The summed E-state index contributed by atoms with van der Waals surface area (Å²) in [6, 6.07) is 4.82. The Kier molecular flexibility index (Phi) is 5.14. The number of hydrogen-bond donors (Lipinski definition) is 2. The maximum Gasteiger partial charge on any atom is 0.416 e. The van der Waals surface area contributed by atoms with Crippen molar-refractivity contribution in [3.05, 3.63) is 41.1 Å². The highest BCUT2D eigenvalue weighted by Crippen LogP contribution is 2.38. The highest BCUT2D eigenvalue weighted by atomic mass is 35.5. The molecule has 2 rings (SSSR count). The van der Waals surface area contributed by atoms with Crippen molar-refractivity contribution < 1.29 is 18.3 Å². The topological polar surface area (TPSA) is 72.0 Å². The molecular formula is C13H13ClF3N3O. The Hall–Kier alpha value is -1.86. The predicted molar refractivity (Wildman–Crippen MR) is 74.0 cm³/mol. The van der Waals surface area contributed by atoms with Crippen molar-refractivity contribution in [1.29, 1.82) is 0 Å². The molecule has 0 aliphatic heterocycles. The van der Waals surface area contributed by atoms with Crippen molar-refractivity contribution in [2.45, 2.75) is 19.6 Å². The van der Waals surface area contributed by atoms with Crippen molar-refractivity contribution in [2.75, 3.05) is 0 Å². The van der Waals surface area contributed by atoms with Gasteiger partial charge in [-0.05, 0) is 36.8 Å². The van der Waals surface area contributed by atoms with Crippen LogP contribution in [0.5, 0.6) is 5.75 Å². The monoisotopic (exact) mass is 319 g/mol. The molecule has 2 aromatic rings. The van der Waals surface area contributed by atoms with Gasteiger partial charge in [0.25, 0.3) is 0 Å². The second-order valence-electron chi connectivity index (χ2n) is 4.30. The molecule has 3 N–H and O–H groups in total. The average Bonchev–Trinajstić information content (AvgIpc) is 2.37. The average molecular weight is 320 g/mol. The summed E-state index contributed by atoms with van der Waals surface area (Å²) in [5.74, 6) is -0.480. The summed E-state index contributed by atoms with van der Waals surface area (Å²) < 4.78 is 37.9. The van der Waals surface area contributed by atoms with Crippen molar-refractivity contribution >= 4 is 12.4 Å². The van der Waals surface area contributed by atoms with E-state index < -0.39 is 17.5 Å². The van der Waals surface area contributed by atoms with Crippen molar-refractivity contribution in [2.24, 2.45) is 5.73 Å². The van der Waals surface area contributed by atoms with Crippen LogP contribution >= 0.6 is 12.4 Å². The Morgan fingerprint density at radius 1 is 1.19 bits per heavy atom. The lowest BCUT2D eigenvalue weighted by Crippen LogP contribution is -2.06. The van der Waals surface area contributed by atoms with Crippen LogP contribution in [-0.4, -0.2) is 15.3 Å². The minimum absolute atomic E-state index is 0. The molecule has 0 saturated carbocycles. The Labute approximate surface area is 125 Å². The molecule has 0 spiro atoms. The van der Waals surface area contributed by atoms with Gasteiger partial charge in [0.05, 0.1) is 17.0 Å². The zero-order valence-corrected chi connectivity index (χ0v) is 11.8. The second-order valence-corrected chi connectivity index (χ2v) is 4.30. The highest BCUT2D eigenvalue weighted by Gasteiger charge is 2.32. The van der Waals surface area contributed by atoms with Gasteiger partial charge in [0, 0.05) is 12.1 Å². The zero-order chi connectivity index (χ0) is 14.9. The van der Waals surface area contributed by atoms with Crippen LogP contribution in [-0.2, 0) is 12.7 Å². The van der Waals surface area contributed by atoms with Crippen LogP contribution in [0.1, 0.15) is 16.8 Å². The number of halogens is 4. The molecule has 0 amide bonds. The maximum atomic E-state index is 12.6. The highest BCUT2D eigenvalue weighted by molar-refractivity contribution is 5.85. The second kappa shape index (κ2) is 6.28. The first-order valence-corrected chi connectivity index (χ1v) is 5.76. The molecule has 1 aromatic carbocycles. The Morgan fingerprint density at radius 2 is 1.86 bits per heavy atom. The van der Waals surface area contributed by atoms with Crippen LogP contribution in [0.3, 0.4) is 0 Å². The quantitative estimate of drug-likeness (QED) is 0.892. The van der Waals surface area contributed by atoms with Crippen molar-refractivity contribution in [3.63, 3.8) is 0 Å². The van der Waals surface area contributed by atoms with Crippen LogP contribution in [0.25, 0.3) is 11.3 Å². The number of aromatic nitrogens is 2. The Balaban J connectivity index is 0.00000220. The Bertz CT molecular complexity index is 607. The van der Waals surface area contributed by atoms with E-state index in [-0.39, 0.29) is 30.1 Å². The summed E-state index contributed by atoms with van der Waals surface area (Å²) >= 11 is 0. The van der Waals surface area contributed by atoms with Crippen molar-refractivity contribution in [3.8, 4) is 17.0 Å². The number of aromatic hydroxyl groups is 1. The van der Waals surface area contributed by atoms with E-state index in [1.165, 1.54) is 6.92 Å². The van der Waals surface area contributed by atoms with E-state index in [0.29, 0.717) is 17.5 Å². The molecule has 114 valence electrons. The predicted octanol–water partition coefficient (Wildman–Crippen LogP) is 3.06. The number of benzene rings is 1. The smallest absolute Gasteiger partial charge is 0.416 e. The van der Waals surface area contributed by atoms with E-state index in [0.717, 1.165) is 6.07 Å². The Morgan fingerprint density at radius 3 is 2.29 bits per heavy atom. The molecule has 0 unspecified atom stereocenters. The number of nitrogens with zero attached hydrogens (tertiary/aromatic N) is 2. The van der Waals surface area contributed by atoms with Crippen molar-refractivity contribution in [1.82, 2.24) is 10.2 Å². The third kappa shape index (κ3) is 3.62. The van der Waals surface area contributed by atoms with Gasteiger partial charge in [-0.2, -0.15) is 23.4 Å². The van der Waals surface area contributed by atoms with Gasteiger partial charge < -0.3 is 10.8 Å². The molecule has 8 heteroatoms. The summed E-state index contributed by atoms with van der Waals surface area (Å²) in [6.07, 6.45) is -4.50. The van der Waals surface area contributed by atoms with Crippen LogP contribution in [0, 0.1) is 6.92 Å². The molecule has 0 fully saturated rings. The zero-order valence-electron chi connectivity index (χ0n) is 11.0. The first kappa shape index (κ1) is 17.2. The molecule has 4 nitrogen and oxygen atoms in total. The number of rotatable bonds is 2. The number of phenolic OH excluding ortho intramolecular Hbond substituents is 1. The number of alkyl halides is 3. The molecule has 0 atom stereocenters. The summed E-state index contributed by atoms with van der Waals surface area (Å²) in [4.78, 5) is 0. The van der Waals surface area contributed by atoms with Gasteiger partial charge in [-0.1, -0.05) is 0 Å². The third-order valence-electron chi connectivity index (χ3n) is 2.83. The molecule has 0 radical (unpaired) electrons. The third-order valence-corrected chi connectivity index (χ3v) is 2.83. The first-order valence-electron chi connectivity index (χ1n) is 5.76. The minimum Gasteiger partial charge on any atom is -0.507 e. The molecule has 1 aromatic heterocycles. The van der Waals surface area contributed by atoms with E-state index in [2.05, 4.69) is 10.2 Å². The van der Waals surface area contributed by atoms with Crippen LogP contribution in [0.4, 0.5) is 13.2 Å². The first-order chi connectivity index (χ1) is 9.32. The lowest BCUT2D eigenvalue weighted by molar-refractivity contribution is -0.137. The van der Waals surface area contributed by atoms with Gasteiger partial charge in [0.15, 0.2) is 0 Å². The van der Waals surface area contributed by atoms with Crippen LogP contribution in [0.2, 0.25) is 0 Å². The fourth-order valence-corrected chi connectivity index (χ4v) is 1.87. The summed E-state index contributed by atoms with van der Waals surface area (Å²) in [5, 5.41) is 17.5. The fourth-order valence-electron chi connectivity index (χ4n) is 1.87. The SMILES string of the molecule is Cc1cc(C(F)(F)F)cc(O)c1-c1ccc(CN)nn1.Cl. The number of phenols is 1. The van der Waals surface area contributed by atoms with E-state index in [4.69, 9.17) is 5.73 Å². The van der Waals surface area contributed by atoms with Gasteiger partial charge in [0.1, 0.15) is 5.75 Å². The van der Waals surface area contributed by atoms with Gasteiger partial charge in [0.2, 0.25) is 0 Å². The fraction of sp³-hybridized carbons (Fsp3) is 0.231. The molecule has 0 saturated heterocycles. The number of nitrogens with two attached hydrogens (primary N) is 1. The number of hydrogen-bond acceptors (Lipinski definition) is 4. The molecule has 0 aliphatic rings. The summed E-state index contributed by atoms with van der Waals surface area (Å²) in [5.41, 5.74) is 5.84. The largest absolute Gasteiger partial charge is 0.507 e. The molecule has 1 heterocycles. The molecular weight excluding hydrogens is 307 g/mol. The molecule has 0 bridgehead atoms. The molecule has 0 aliphatic carbocycles. The van der Waals surface area contributed by atoms with E-state index >= 15 is 0 Å². The summed E-state index contributed by atoms with van der Waals surface area (Å²) in [7, 11) is 0. The van der Waals surface area contributed by atoms with E-state index in [1.807, 2.05) is 0 Å². The standard InChI is InChI=1S/C13H12F3N3O.ClH/c1-7-4-8(13(14,15)16)5-11(20)12(7)10-3-2-9(6-17)18-19-10;/h2-5,20H,6,17H2,1H3;1H. The lowest BCUT2D eigenvalue weighted by atomic mass is 10.0. The maximum absolute atomic E-state index is 12.6. The van der Waals surface area contributed by atoms with Gasteiger partial charge in [-0.15, -0.1) is 12.4 Å². The lowest BCUT2D eigenvalue weighted by Gasteiger charge is -2.12. The molecule has 21 heavy (non-hydrogen) atoms. The van der Waals surface area contributed by atoms with Crippen LogP contribution in [0.15, 0.2) is 24.3 Å². The number of aryl methyl sites for hydroxylation is 1. The normalized spacial score (nSPS) is 11.1. The minimum atomic E-state index is -4.50.